The van der Waals surface area contributed by atoms with E-state index >= 15 is 0 Å². The summed E-state index contributed by atoms with van der Waals surface area (Å²) in [6.45, 7) is 0. The monoisotopic (exact) mass is 547 g/mol. The summed E-state index contributed by atoms with van der Waals surface area (Å²) in [6.07, 6.45) is -0.172. The van der Waals surface area contributed by atoms with Crippen LogP contribution in [0.25, 0.3) is 0 Å². The van der Waals surface area contributed by atoms with Crippen molar-refractivity contribution in [1.82, 2.24) is 10.6 Å². The summed E-state index contributed by atoms with van der Waals surface area (Å²) in [5.41, 5.74) is 3.34. The quantitative estimate of drug-likeness (QED) is 0.401. The van der Waals surface area contributed by atoms with Crippen LogP contribution in [0.1, 0.15) is 29.0 Å². The van der Waals surface area contributed by atoms with Crippen LogP contribution in [0, 0.1) is 0 Å². The summed E-state index contributed by atoms with van der Waals surface area (Å²) in [4.78, 5) is 4.93. The second kappa shape index (κ2) is 8.27. The molecule has 3 nitrogen and oxygen atoms in total. The van der Waals surface area contributed by atoms with Gasteiger partial charge >= 0.3 is 0 Å². The van der Waals surface area contributed by atoms with E-state index in [0.29, 0.717) is 0 Å². The Morgan fingerprint density at radius 1 is 0.630 bits per heavy atom. The van der Waals surface area contributed by atoms with Crippen LogP contribution in [0.3, 0.4) is 0 Å². The summed E-state index contributed by atoms with van der Waals surface area (Å²) < 4.78 is 3.17. The van der Waals surface area contributed by atoms with Gasteiger partial charge in [-0.05, 0) is 47.5 Å². The van der Waals surface area contributed by atoms with E-state index in [1.54, 1.807) is 0 Å². The van der Waals surface area contributed by atoms with Gasteiger partial charge in [-0.3, -0.25) is 5.32 Å². The zero-order valence-electron chi connectivity index (χ0n) is 14.2. The van der Waals surface area contributed by atoms with Gasteiger partial charge in [-0.25, -0.2) is 4.99 Å². The highest BCUT2D eigenvalue weighted by Gasteiger charge is 2.25. The van der Waals surface area contributed by atoms with E-state index in [2.05, 4.69) is 107 Å². The number of aliphatic imine (C=N–C) groups is 1. The van der Waals surface area contributed by atoms with Crippen molar-refractivity contribution in [1.29, 1.82) is 0 Å². The molecule has 1 aliphatic rings. The third-order valence-corrected chi connectivity index (χ3v) is 5.96. The van der Waals surface area contributed by atoms with E-state index in [4.69, 9.17) is 4.99 Å². The first-order valence-electron chi connectivity index (χ1n) is 8.46. The maximum atomic E-state index is 4.93. The van der Waals surface area contributed by atoms with Gasteiger partial charge in [-0.2, -0.15) is 0 Å². The lowest BCUT2D eigenvalue weighted by atomic mass is 10.1. The van der Waals surface area contributed by atoms with Crippen LogP contribution in [0.4, 0.5) is 0 Å². The number of rotatable bonds is 3. The van der Waals surface area contributed by atoms with Gasteiger partial charge in [0.25, 0.3) is 0 Å². The van der Waals surface area contributed by atoms with Crippen molar-refractivity contribution < 1.29 is 0 Å². The van der Waals surface area contributed by atoms with E-state index in [0.717, 1.165) is 35.9 Å². The minimum Gasteiger partial charge on any atom is -0.350 e. The van der Waals surface area contributed by atoms with Crippen LogP contribution in [0.2, 0.25) is 0 Å². The molecule has 2 N–H and O–H groups in total. The van der Waals surface area contributed by atoms with Crippen molar-refractivity contribution in [3.63, 3.8) is 0 Å². The summed E-state index contributed by atoms with van der Waals surface area (Å²) in [6, 6.07) is 24.8. The molecule has 27 heavy (non-hydrogen) atoms. The molecule has 0 saturated heterocycles. The molecule has 136 valence electrons. The minimum absolute atomic E-state index is 0.0390. The van der Waals surface area contributed by atoms with Gasteiger partial charge in [-0.1, -0.05) is 84.2 Å². The average molecular weight is 550 g/mol. The zero-order valence-corrected chi connectivity index (χ0v) is 18.9. The summed E-state index contributed by atoms with van der Waals surface area (Å²) in [5.74, 6) is 0.877. The predicted octanol–water partition coefficient (Wildman–Crippen LogP) is 6.31. The lowest BCUT2D eigenvalue weighted by molar-refractivity contribution is 0.409. The lowest BCUT2D eigenvalue weighted by Crippen LogP contribution is -2.44. The van der Waals surface area contributed by atoms with Crippen LogP contribution < -0.4 is 10.6 Å². The number of nitrogens with zero attached hydrogens (tertiary/aromatic N) is 1. The first kappa shape index (κ1) is 18.9. The number of hydrogen-bond acceptors (Lipinski definition) is 3. The van der Waals surface area contributed by atoms with Crippen LogP contribution in [-0.4, -0.2) is 5.84 Å². The Labute approximate surface area is 183 Å². The third-order valence-electron chi connectivity index (χ3n) is 4.37. The summed E-state index contributed by atoms with van der Waals surface area (Å²) in [5, 5.41) is 7.13. The average Bonchev–Trinajstić information content (AvgIpc) is 2.69. The Kier molecular flexibility index (Phi) is 5.78. The van der Waals surface area contributed by atoms with Gasteiger partial charge in [0.15, 0.2) is 0 Å². The van der Waals surface area contributed by atoms with Crippen LogP contribution in [0.15, 0.2) is 91.2 Å². The van der Waals surface area contributed by atoms with Crippen molar-refractivity contribution >= 4 is 53.6 Å². The van der Waals surface area contributed by atoms with Crippen molar-refractivity contribution in [3.8, 4) is 0 Å². The molecular weight excluding hydrogens is 534 g/mol. The van der Waals surface area contributed by atoms with Crippen molar-refractivity contribution in [3.05, 3.63) is 103 Å². The summed E-state index contributed by atoms with van der Waals surface area (Å²) >= 11 is 10.5. The molecule has 0 spiro atoms. The van der Waals surface area contributed by atoms with E-state index < -0.39 is 0 Å². The second-order valence-electron chi connectivity index (χ2n) is 6.23. The standard InChI is InChI=1S/C21H16Br3N3/c22-16-7-1-13(2-8-16)19-25-20(14-3-9-17(23)10-4-14)27-21(26-19)15-5-11-18(24)12-6-15/h1-12,19-20,25H,(H,26,27). The molecule has 0 fully saturated rings. The van der Waals surface area contributed by atoms with Gasteiger partial charge in [0.1, 0.15) is 18.2 Å². The number of benzene rings is 3. The molecule has 0 aliphatic carbocycles. The molecular formula is C21H16Br3N3. The molecule has 3 aromatic carbocycles. The van der Waals surface area contributed by atoms with Gasteiger partial charge in [-0.15, -0.1) is 0 Å². The molecule has 0 amide bonds. The number of halogens is 3. The number of amidine groups is 1. The molecule has 1 aliphatic heterocycles. The van der Waals surface area contributed by atoms with E-state index in [9.17, 15) is 0 Å². The van der Waals surface area contributed by atoms with Crippen LogP contribution in [0.5, 0.6) is 0 Å². The van der Waals surface area contributed by atoms with Crippen molar-refractivity contribution in [2.75, 3.05) is 0 Å². The zero-order chi connectivity index (χ0) is 18.8. The Morgan fingerprint density at radius 2 is 1.11 bits per heavy atom. The molecule has 3 aromatic rings. The van der Waals surface area contributed by atoms with Crippen LogP contribution >= 0.6 is 47.8 Å². The highest BCUT2D eigenvalue weighted by atomic mass is 79.9. The molecule has 1 heterocycles. The lowest BCUT2D eigenvalue weighted by Gasteiger charge is -2.32. The van der Waals surface area contributed by atoms with E-state index in [1.165, 1.54) is 0 Å². The molecule has 0 aromatic heterocycles. The molecule has 6 heteroatoms. The molecule has 0 bridgehead atoms. The minimum atomic E-state index is -0.133. The Morgan fingerprint density at radius 3 is 1.67 bits per heavy atom. The first-order valence-corrected chi connectivity index (χ1v) is 10.8. The maximum Gasteiger partial charge on any atom is 0.131 e. The van der Waals surface area contributed by atoms with E-state index in [-0.39, 0.29) is 12.3 Å². The SMILES string of the molecule is Brc1ccc(C2=NC(c3ccc(Br)cc3)NC(c3ccc(Br)cc3)N2)cc1. The second-order valence-corrected chi connectivity index (χ2v) is 8.98. The molecule has 4 rings (SSSR count). The van der Waals surface area contributed by atoms with Crippen molar-refractivity contribution in [2.24, 2.45) is 4.99 Å². The topological polar surface area (TPSA) is 36.4 Å². The normalized spacial score (nSPS) is 19.3. The Hall–Kier alpha value is -1.47. The van der Waals surface area contributed by atoms with Gasteiger partial charge in [0.2, 0.25) is 0 Å². The Balaban J connectivity index is 1.72. The number of hydrogen-bond donors (Lipinski definition) is 2. The van der Waals surface area contributed by atoms with Crippen molar-refractivity contribution in [2.45, 2.75) is 12.3 Å². The molecule has 2 atom stereocenters. The molecule has 0 radical (unpaired) electrons. The predicted molar refractivity (Wildman–Crippen MR) is 121 cm³/mol. The smallest absolute Gasteiger partial charge is 0.131 e. The maximum absolute atomic E-state index is 4.93. The number of nitrogens with one attached hydrogen (secondary N) is 2. The fraction of sp³-hybridized carbons (Fsp3) is 0.0952. The summed E-state index contributed by atoms with van der Waals surface area (Å²) in [7, 11) is 0. The van der Waals surface area contributed by atoms with Crippen LogP contribution in [-0.2, 0) is 0 Å². The molecule has 0 saturated carbocycles. The first-order chi connectivity index (χ1) is 13.1. The Bertz CT molecular complexity index is 951. The fourth-order valence-electron chi connectivity index (χ4n) is 2.96. The third kappa shape index (κ3) is 4.51. The highest BCUT2D eigenvalue weighted by Crippen LogP contribution is 2.27. The highest BCUT2D eigenvalue weighted by molar-refractivity contribution is 9.11. The van der Waals surface area contributed by atoms with Gasteiger partial charge in [0, 0.05) is 19.0 Å². The van der Waals surface area contributed by atoms with E-state index in [1.807, 2.05) is 24.3 Å². The largest absolute Gasteiger partial charge is 0.350 e. The molecule has 2 unspecified atom stereocenters. The van der Waals surface area contributed by atoms with Gasteiger partial charge in [0.05, 0.1) is 0 Å². The fourth-order valence-corrected chi connectivity index (χ4v) is 3.75. The van der Waals surface area contributed by atoms with Gasteiger partial charge < -0.3 is 5.32 Å².